The van der Waals surface area contributed by atoms with Crippen LogP contribution in [-0.2, 0) is 0 Å². The van der Waals surface area contributed by atoms with Gasteiger partial charge in [0.05, 0.1) is 6.10 Å². The minimum absolute atomic E-state index is 0.138. The zero-order chi connectivity index (χ0) is 11.5. The summed E-state index contributed by atoms with van der Waals surface area (Å²) in [7, 11) is 0. The van der Waals surface area contributed by atoms with Gasteiger partial charge in [0.25, 0.3) is 0 Å². The van der Waals surface area contributed by atoms with Crippen molar-refractivity contribution >= 4 is 17.5 Å². The molecule has 88 valence electrons. The summed E-state index contributed by atoms with van der Waals surface area (Å²) in [6.07, 6.45) is 5.18. The van der Waals surface area contributed by atoms with Gasteiger partial charge in [-0.2, -0.15) is 0 Å². The van der Waals surface area contributed by atoms with Gasteiger partial charge >= 0.3 is 0 Å². The Labute approximate surface area is 100 Å². The van der Waals surface area contributed by atoms with Gasteiger partial charge in [-0.05, 0) is 32.6 Å². The molecular weight excluding hydrogens is 226 g/mol. The summed E-state index contributed by atoms with van der Waals surface area (Å²) in [6, 6.07) is 0.349. The molecule has 0 radical (unpaired) electrons. The third kappa shape index (κ3) is 2.83. The van der Waals surface area contributed by atoms with E-state index in [0.29, 0.717) is 17.1 Å². The second-order valence-electron chi connectivity index (χ2n) is 4.32. The number of aromatic nitrogens is 2. The van der Waals surface area contributed by atoms with E-state index in [1.165, 1.54) is 0 Å². The van der Waals surface area contributed by atoms with Gasteiger partial charge in [-0.15, -0.1) is 0 Å². The van der Waals surface area contributed by atoms with Crippen molar-refractivity contribution < 1.29 is 5.11 Å². The Kier molecular flexibility index (Phi) is 3.61. The maximum Gasteiger partial charge on any atom is 0.224 e. The van der Waals surface area contributed by atoms with Gasteiger partial charge in [0.2, 0.25) is 5.95 Å². The molecule has 2 N–H and O–H groups in total. The number of rotatable bonds is 2. The zero-order valence-electron chi connectivity index (χ0n) is 9.28. The summed E-state index contributed by atoms with van der Waals surface area (Å²) >= 11 is 5.92. The van der Waals surface area contributed by atoms with Crippen molar-refractivity contribution in [2.24, 2.45) is 0 Å². The van der Waals surface area contributed by atoms with Crippen LogP contribution in [0.3, 0.4) is 0 Å². The predicted molar refractivity (Wildman–Crippen MR) is 63.7 cm³/mol. The SMILES string of the molecule is Cc1cnc(NC2CCC(O)CC2)nc1Cl. The maximum atomic E-state index is 9.39. The number of anilines is 1. The van der Waals surface area contributed by atoms with Crippen molar-refractivity contribution in [3.63, 3.8) is 0 Å². The minimum Gasteiger partial charge on any atom is -0.393 e. The fourth-order valence-electron chi connectivity index (χ4n) is 1.89. The maximum absolute atomic E-state index is 9.39. The summed E-state index contributed by atoms with van der Waals surface area (Å²) in [5.41, 5.74) is 0.881. The average Bonchev–Trinajstić information content (AvgIpc) is 2.27. The van der Waals surface area contributed by atoms with Crippen LogP contribution in [0.15, 0.2) is 6.20 Å². The van der Waals surface area contributed by atoms with Crippen LogP contribution in [0.2, 0.25) is 5.15 Å². The van der Waals surface area contributed by atoms with Crippen LogP contribution in [0.4, 0.5) is 5.95 Å². The molecule has 1 aliphatic carbocycles. The molecule has 1 aliphatic rings. The molecule has 0 saturated heterocycles. The normalized spacial score (nSPS) is 25.4. The van der Waals surface area contributed by atoms with Gasteiger partial charge in [0.1, 0.15) is 5.15 Å². The second-order valence-corrected chi connectivity index (χ2v) is 4.68. The Morgan fingerprint density at radius 2 is 2.06 bits per heavy atom. The molecular formula is C11H16ClN3O. The molecule has 2 rings (SSSR count). The summed E-state index contributed by atoms with van der Waals surface area (Å²) in [5.74, 6) is 0.581. The third-order valence-corrected chi connectivity index (χ3v) is 3.32. The van der Waals surface area contributed by atoms with Crippen molar-refractivity contribution in [2.75, 3.05) is 5.32 Å². The summed E-state index contributed by atoms with van der Waals surface area (Å²) in [5, 5.41) is 13.1. The van der Waals surface area contributed by atoms with Crippen molar-refractivity contribution in [3.8, 4) is 0 Å². The first-order chi connectivity index (χ1) is 7.65. The van der Waals surface area contributed by atoms with E-state index < -0.39 is 0 Å². The van der Waals surface area contributed by atoms with Crippen LogP contribution < -0.4 is 5.32 Å². The van der Waals surface area contributed by atoms with Crippen LogP contribution in [0.5, 0.6) is 0 Å². The van der Waals surface area contributed by atoms with Gasteiger partial charge in [0.15, 0.2) is 0 Å². The molecule has 1 heterocycles. The fraction of sp³-hybridized carbons (Fsp3) is 0.636. The molecule has 16 heavy (non-hydrogen) atoms. The summed E-state index contributed by atoms with van der Waals surface area (Å²) in [6.45, 7) is 1.88. The molecule has 0 spiro atoms. The first-order valence-electron chi connectivity index (χ1n) is 5.59. The first kappa shape index (κ1) is 11.6. The van der Waals surface area contributed by atoms with Crippen LogP contribution >= 0.6 is 11.6 Å². The topological polar surface area (TPSA) is 58.0 Å². The lowest BCUT2D eigenvalue weighted by molar-refractivity contribution is 0.126. The Morgan fingerprint density at radius 1 is 1.38 bits per heavy atom. The highest BCUT2D eigenvalue weighted by molar-refractivity contribution is 6.30. The van der Waals surface area contributed by atoms with E-state index in [-0.39, 0.29) is 6.10 Å². The van der Waals surface area contributed by atoms with E-state index in [0.717, 1.165) is 31.2 Å². The average molecular weight is 242 g/mol. The van der Waals surface area contributed by atoms with Gasteiger partial charge < -0.3 is 10.4 Å². The molecule has 1 fully saturated rings. The summed E-state index contributed by atoms with van der Waals surface area (Å²) < 4.78 is 0. The number of nitrogens with one attached hydrogen (secondary N) is 1. The van der Waals surface area contributed by atoms with Crippen LogP contribution in [0.1, 0.15) is 31.2 Å². The summed E-state index contributed by atoms with van der Waals surface area (Å²) in [4.78, 5) is 8.35. The molecule has 1 aromatic heterocycles. The monoisotopic (exact) mass is 241 g/mol. The van der Waals surface area contributed by atoms with Crippen molar-refractivity contribution in [3.05, 3.63) is 16.9 Å². The number of hydrogen-bond donors (Lipinski definition) is 2. The van der Waals surface area contributed by atoms with E-state index in [4.69, 9.17) is 11.6 Å². The largest absolute Gasteiger partial charge is 0.393 e. The van der Waals surface area contributed by atoms with Gasteiger partial charge in [-0.25, -0.2) is 9.97 Å². The zero-order valence-corrected chi connectivity index (χ0v) is 10.0. The van der Waals surface area contributed by atoms with Gasteiger partial charge in [-0.3, -0.25) is 0 Å². The molecule has 0 amide bonds. The molecule has 1 aromatic rings. The standard InChI is InChI=1S/C11H16ClN3O/c1-7-6-13-11(15-10(7)12)14-8-2-4-9(16)5-3-8/h6,8-9,16H,2-5H2,1H3,(H,13,14,15). The van der Waals surface area contributed by atoms with E-state index in [1.54, 1.807) is 6.20 Å². The lowest BCUT2D eigenvalue weighted by Gasteiger charge is -2.26. The molecule has 0 unspecified atom stereocenters. The highest BCUT2D eigenvalue weighted by Gasteiger charge is 2.19. The fourth-order valence-corrected chi connectivity index (χ4v) is 2.02. The van der Waals surface area contributed by atoms with Crippen molar-refractivity contribution in [1.82, 2.24) is 9.97 Å². The molecule has 0 aromatic carbocycles. The molecule has 5 heteroatoms. The highest BCUT2D eigenvalue weighted by Crippen LogP contribution is 2.21. The Bertz CT molecular complexity index is 364. The van der Waals surface area contributed by atoms with Crippen molar-refractivity contribution in [1.29, 1.82) is 0 Å². The lowest BCUT2D eigenvalue weighted by Crippen LogP contribution is -2.28. The number of aliphatic hydroxyl groups is 1. The number of aryl methyl sites for hydroxylation is 1. The lowest BCUT2D eigenvalue weighted by atomic mass is 9.93. The Morgan fingerprint density at radius 3 is 2.69 bits per heavy atom. The Hall–Kier alpha value is -0.870. The predicted octanol–water partition coefficient (Wildman–Crippen LogP) is 2.15. The second kappa shape index (κ2) is 4.97. The van der Waals surface area contributed by atoms with Gasteiger partial charge in [-0.1, -0.05) is 11.6 Å². The highest BCUT2D eigenvalue weighted by atomic mass is 35.5. The molecule has 0 atom stereocenters. The van der Waals surface area contributed by atoms with E-state index in [1.807, 2.05) is 6.92 Å². The molecule has 0 bridgehead atoms. The smallest absolute Gasteiger partial charge is 0.224 e. The number of halogens is 1. The number of aliphatic hydroxyl groups excluding tert-OH is 1. The van der Waals surface area contributed by atoms with Crippen LogP contribution in [0, 0.1) is 6.92 Å². The first-order valence-corrected chi connectivity index (χ1v) is 5.96. The third-order valence-electron chi connectivity index (χ3n) is 2.94. The number of hydrogen-bond acceptors (Lipinski definition) is 4. The molecule has 1 saturated carbocycles. The van der Waals surface area contributed by atoms with E-state index in [2.05, 4.69) is 15.3 Å². The van der Waals surface area contributed by atoms with E-state index >= 15 is 0 Å². The number of nitrogens with zero attached hydrogens (tertiary/aromatic N) is 2. The Balaban J connectivity index is 1.96. The van der Waals surface area contributed by atoms with Crippen LogP contribution in [-0.4, -0.2) is 27.2 Å². The van der Waals surface area contributed by atoms with E-state index in [9.17, 15) is 5.11 Å². The van der Waals surface area contributed by atoms with Gasteiger partial charge in [0, 0.05) is 17.8 Å². The molecule has 4 nitrogen and oxygen atoms in total. The van der Waals surface area contributed by atoms with Crippen molar-refractivity contribution in [2.45, 2.75) is 44.8 Å². The quantitative estimate of drug-likeness (QED) is 0.779. The van der Waals surface area contributed by atoms with Crippen LogP contribution in [0.25, 0.3) is 0 Å². The molecule has 0 aliphatic heterocycles. The minimum atomic E-state index is -0.138.